The highest BCUT2D eigenvalue weighted by atomic mass is 32.2. The number of hydrogen-bond donors (Lipinski definition) is 2. The number of nitrogens with zero attached hydrogens (tertiary/aromatic N) is 2. The molecule has 0 radical (unpaired) electrons. The summed E-state index contributed by atoms with van der Waals surface area (Å²) in [5.74, 6) is 0. The van der Waals surface area contributed by atoms with Crippen LogP contribution in [-0.2, 0) is 6.54 Å². The van der Waals surface area contributed by atoms with Gasteiger partial charge in [-0.3, -0.25) is 0 Å². The first kappa shape index (κ1) is 14.4. The number of aromatic nitrogens is 2. The lowest BCUT2D eigenvalue weighted by molar-refractivity contribution is 0.300. The lowest BCUT2D eigenvalue weighted by Crippen LogP contribution is -2.16. The Morgan fingerprint density at radius 3 is 3.05 bits per heavy atom. The fourth-order valence-electron chi connectivity index (χ4n) is 1.89. The number of nitrogens with one attached hydrogen (secondary N) is 1. The van der Waals surface area contributed by atoms with Crippen LogP contribution in [-0.4, -0.2) is 32.9 Å². The number of thioether (sulfide) groups is 1. The Balaban J connectivity index is 2.28. The highest BCUT2D eigenvalue weighted by Gasteiger charge is 2.14. The number of pyridine rings is 1. The fourth-order valence-corrected chi connectivity index (χ4v) is 2.80. The molecule has 1 atom stereocenters. The first-order chi connectivity index (χ1) is 9.26. The van der Waals surface area contributed by atoms with Crippen molar-refractivity contribution in [2.75, 3.05) is 13.2 Å². The molecule has 2 heterocycles. The number of aliphatic hydroxyl groups excluding tert-OH is 1. The van der Waals surface area contributed by atoms with Gasteiger partial charge in [0.25, 0.3) is 0 Å². The van der Waals surface area contributed by atoms with E-state index in [1.807, 2.05) is 31.3 Å². The van der Waals surface area contributed by atoms with Crippen LogP contribution < -0.4 is 5.32 Å². The lowest BCUT2D eigenvalue weighted by atomic mass is 10.4. The van der Waals surface area contributed by atoms with Gasteiger partial charge in [0, 0.05) is 18.0 Å². The van der Waals surface area contributed by atoms with Crippen molar-refractivity contribution in [2.24, 2.45) is 0 Å². The minimum atomic E-state index is 0.162. The van der Waals surface area contributed by atoms with Crippen molar-refractivity contribution in [1.82, 2.24) is 14.7 Å². The summed E-state index contributed by atoms with van der Waals surface area (Å²) in [6.07, 6.45) is 3.16. The van der Waals surface area contributed by atoms with Crippen molar-refractivity contribution in [3.8, 4) is 0 Å². The summed E-state index contributed by atoms with van der Waals surface area (Å²) in [4.78, 5) is 4.65. The molecule has 2 aromatic heterocycles. The standard InChI is InChI=1S/C14H21N3OS/c1-3-7-15-9-12-14(19-11(2)10-18)16-13-6-4-5-8-17(12)13/h4-6,8,11,15,18H,3,7,9-10H2,1-2H3. The summed E-state index contributed by atoms with van der Waals surface area (Å²) >= 11 is 1.63. The van der Waals surface area contributed by atoms with Crippen LogP contribution >= 0.6 is 11.8 Å². The number of fused-ring (bicyclic) bond motifs is 1. The Labute approximate surface area is 118 Å². The summed E-state index contributed by atoms with van der Waals surface area (Å²) in [5, 5.41) is 13.8. The smallest absolute Gasteiger partial charge is 0.138 e. The predicted octanol–water partition coefficient (Wildman–Crippen LogP) is 2.31. The Bertz CT molecular complexity index is 526. The van der Waals surface area contributed by atoms with Gasteiger partial charge in [0.2, 0.25) is 0 Å². The molecule has 1 unspecified atom stereocenters. The van der Waals surface area contributed by atoms with Crippen molar-refractivity contribution in [1.29, 1.82) is 0 Å². The first-order valence-electron chi connectivity index (χ1n) is 6.70. The van der Waals surface area contributed by atoms with Crippen LogP contribution in [0.15, 0.2) is 29.4 Å². The third-order valence-corrected chi connectivity index (χ3v) is 3.98. The van der Waals surface area contributed by atoms with Gasteiger partial charge in [-0.25, -0.2) is 4.98 Å². The molecule has 2 N–H and O–H groups in total. The summed E-state index contributed by atoms with van der Waals surface area (Å²) in [6.45, 7) is 6.14. The molecule has 19 heavy (non-hydrogen) atoms. The second kappa shape index (κ2) is 6.93. The molecular formula is C14H21N3OS. The summed E-state index contributed by atoms with van der Waals surface area (Å²) in [5.41, 5.74) is 2.14. The van der Waals surface area contributed by atoms with E-state index < -0.39 is 0 Å². The van der Waals surface area contributed by atoms with Crippen LogP contribution in [0.3, 0.4) is 0 Å². The molecule has 0 aliphatic heterocycles. The van der Waals surface area contributed by atoms with E-state index in [0.717, 1.165) is 30.2 Å². The zero-order chi connectivity index (χ0) is 13.7. The molecule has 104 valence electrons. The topological polar surface area (TPSA) is 49.6 Å². The summed E-state index contributed by atoms with van der Waals surface area (Å²) in [7, 11) is 0. The van der Waals surface area contributed by atoms with Crippen LogP contribution in [0.1, 0.15) is 26.0 Å². The van der Waals surface area contributed by atoms with E-state index in [1.165, 1.54) is 5.69 Å². The highest BCUT2D eigenvalue weighted by molar-refractivity contribution is 7.99. The number of rotatable bonds is 7. The molecule has 0 aliphatic rings. The van der Waals surface area contributed by atoms with E-state index in [1.54, 1.807) is 11.8 Å². The molecule has 5 heteroatoms. The molecule has 0 saturated carbocycles. The molecular weight excluding hydrogens is 258 g/mol. The monoisotopic (exact) mass is 279 g/mol. The largest absolute Gasteiger partial charge is 0.395 e. The molecule has 0 aromatic carbocycles. The van der Waals surface area contributed by atoms with Gasteiger partial charge in [-0.05, 0) is 25.1 Å². The Kier molecular flexibility index (Phi) is 5.24. The maximum Gasteiger partial charge on any atom is 0.138 e. The number of aliphatic hydroxyl groups is 1. The van der Waals surface area contributed by atoms with E-state index in [0.29, 0.717) is 0 Å². The third kappa shape index (κ3) is 3.49. The number of imidazole rings is 1. The van der Waals surface area contributed by atoms with E-state index in [9.17, 15) is 5.11 Å². The van der Waals surface area contributed by atoms with Gasteiger partial charge in [-0.15, -0.1) is 0 Å². The van der Waals surface area contributed by atoms with Crippen molar-refractivity contribution in [2.45, 2.75) is 37.1 Å². The van der Waals surface area contributed by atoms with Crippen molar-refractivity contribution in [3.05, 3.63) is 30.1 Å². The van der Waals surface area contributed by atoms with Gasteiger partial charge >= 0.3 is 0 Å². The Morgan fingerprint density at radius 1 is 1.47 bits per heavy atom. The van der Waals surface area contributed by atoms with Crippen LogP contribution in [0.4, 0.5) is 0 Å². The second-order valence-corrected chi connectivity index (χ2v) is 6.01. The van der Waals surface area contributed by atoms with Gasteiger partial charge in [0.1, 0.15) is 10.7 Å². The second-order valence-electron chi connectivity index (χ2n) is 4.58. The van der Waals surface area contributed by atoms with Crippen LogP contribution in [0, 0.1) is 0 Å². The van der Waals surface area contributed by atoms with Gasteiger partial charge in [-0.1, -0.05) is 31.7 Å². The average Bonchev–Trinajstić information content (AvgIpc) is 2.77. The quantitative estimate of drug-likeness (QED) is 0.603. The Morgan fingerprint density at radius 2 is 2.32 bits per heavy atom. The lowest BCUT2D eigenvalue weighted by Gasteiger charge is -2.09. The molecule has 0 aliphatic carbocycles. The normalized spacial score (nSPS) is 13.0. The van der Waals surface area contributed by atoms with Gasteiger partial charge in [0.15, 0.2) is 0 Å². The minimum Gasteiger partial charge on any atom is -0.395 e. The molecule has 0 saturated heterocycles. The highest BCUT2D eigenvalue weighted by Crippen LogP contribution is 2.27. The van der Waals surface area contributed by atoms with Crippen molar-refractivity contribution >= 4 is 17.4 Å². The van der Waals surface area contributed by atoms with E-state index >= 15 is 0 Å². The SMILES string of the molecule is CCCNCc1c(SC(C)CO)nc2ccccn12. The van der Waals surface area contributed by atoms with Crippen molar-refractivity contribution in [3.63, 3.8) is 0 Å². The zero-order valence-electron chi connectivity index (χ0n) is 11.5. The summed E-state index contributed by atoms with van der Waals surface area (Å²) < 4.78 is 2.12. The Hall–Kier alpha value is -1.04. The van der Waals surface area contributed by atoms with Crippen LogP contribution in [0.5, 0.6) is 0 Å². The summed E-state index contributed by atoms with van der Waals surface area (Å²) in [6, 6.07) is 6.02. The maximum absolute atomic E-state index is 9.20. The van der Waals surface area contributed by atoms with Gasteiger partial charge in [-0.2, -0.15) is 0 Å². The molecule has 2 rings (SSSR count). The first-order valence-corrected chi connectivity index (χ1v) is 7.58. The van der Waals surface area contributed by atoms with Crippen molar-refractivity contribution < 1.29 is 5.11 Å². The minimum absolute atomic E-state index is 0.162. The average molecular weight is 279 g/mol. The predicted molar refractivity (Wildman–Crippen MR) is 79.6 cm³/mol. The molecule has 4 nitrogen and oxygen atoms in total. The molecule has 0 fully saturated rings. The number of hydrogen-bond acceptors (Lipinski definition) is 4. The molecule has 0 spiro atoms. The van der Waals surface area contributed by atoms with Crippen LogP contribution in [0.25, 0.3) is 5.65 Å². The fraction of sp³-hybridized carbons (Fsp3) is 0.500. The molecule has 2 aromatic rings. The third-order valence-electron chi connectivity index (χ3n) is 2.88. The molecule has 0 bridgehead atoms. The van der Waals surface area contributed by atoms with Gasteiger partial charge < -0.3 is 14.8 Å². The van der Waals surface area contributed by atoms with Crippen LogP contribution in [0.2, 0.25) is 0 Å². The van der Waals surface area contributed by atoms with E-state index in [-0.39, 0.29) is 11.9 Å². The maximum atomic E-state index is 9.20. The zero-order valence-corrected chi connectivity index (χ0v) is 12.3. The molecule has 0 amide bonds. The van der Waals surface area contributed by atoms with Gasteiger partial charge in [0.05, 0.1) is 12.3 Å². The van der Waals surface area contributed by atoms with E-state index in [2.05, 4.69) is 21.6 Å². The van der Waals surface area contributed by atoms with E-state index in [4.69, 9.17) is 0 Å².